The average molecular weight is 258 g/mol. The van der Waals surface area contributed by atoms with Gasteiger partial charge in [-0.2, -0.15) is 5.10 Å². The molecule has 0 aliphatic carbocycles. The molecule has 1 aromatic carbocycles. The van der Waals surface area contributed by atoms with E-state index in [1.807, 2.05) is 37.3 Å². The lowest BCUT2D eigenvalue weighted by molar-refractivity contribution is 0.795. The maximum atomic E-state index is 5.12. The van der Waals surface area contributed by atoms with Crippen LogP contribution in [0, 0.1) is 16.6 Å². The van der Waals surface area contributed by atoms with E-state index >= 15 is 0 Å². The van der Waals surface area contributed by atoms with Gasteiger partial charge in [-0.3, -0.25) is 5.10 Å². The first-order valence-corrected chi connectivity index (χ1v) is 6.16. The molecule has 0 spiro atoms. The van der Waals surface area contributed by atoms with E-state index in [-0.39, 0.29) is 0 Å². The Morgan fingerprint density at radius 2 is 2.17 bits per heavy atom. The predicted molar refractivity (Wildman–Crippen MR) is 74.3 cm³/mol. The van der Waals surface area contributed by atoms with Crippen molar-refractivity contribution in [2.24, 2.45) is 0 Å². The van der Waals surface area contributed by atoms with Crippen LogP contribution in [0.4, 0.5) is 0 Å². The lowest BCUT2D eigenvalue weighted by Gasteiger charge is -2.04. The van der Waals surface area contributed by atoms with Gasteiger partial charge in [0, 0.05) is 12.0 Å². The fraction of sp³-hybridized carbons (Fsp3) is 0.231. The number of benzene rings is 1. The minimum Gasteiger partial charge on any atom is -0.310 e. The number of aryl methyl sites for hydroxylation is 1. The molecular weight excluding hydrogens is 244 g/mol. The summed E-state index contributed by atoms with van der Waals surface area (Å²) in [7, 11) is 0. The van der Waals surface area contributed by atoms with Gasteiger partial charge in [0.2, 0.25) is 4.77 Å². The molecule has 0 unspecified atom stereocenters. The molecule has 0 saturated heterocycles. The fourth-order valence-corrected chi connectivity index (χ4v) is 1.73. The molecule has 2 N–H and O–H groups in total. The Morgan fingerprint density at radius 3 is 2.89 bits per heavy atom. The van der Waals surface area contributed by atoms with Crippen LogP contribution in [0.1, 0.15) is 18.3 Å². The summed E-state index contributed by atoms with van der Waals surface area (Å²) in [5.74, 6) is 7.00. The molecule has 0 atom stereocenters. The van der Waals surface area contributed by atoms with E-state index < -0.39 is 0 Å². The van der Waals surface area contributed by atoms with E-state index in [0.29, 0.717) is 11.3 Å². The number of aromatic nitrogens is 3. The third-order valence-electron chi connectivity index (χ3n) is 2.39. The molecule has 2 aromatic rings. The normalized spacial score (nSPS) is 9.61. The van der Waals surface area contributed by atoms with Crippen molar-refractivity contribution < 1.29 is 0 Å². The molecule has 0 aliphatic rings. The maximum Gasteiger partial charge on any atom is 0.214 e. The third-order valence-corrected chi connectivity index (χ3v) is 2.66. The van der Waals surface area contributed by atoms with Crippen LogP contribution in [-0.2, 0) is 6.42 Å². The third kappa shape index (κ3) is 2.99. The largest absolute Gasteiger partial charge is 0.310 e. The number of rotatable bonds is 3. The van der Waals surface area contributed by atoms with Crippen LogP contribution in [0.2, 0.25) is 0 Å². The van der Waals surface area contributed by atoms with Crippen molar-refractivity contribution in [3.8, 4) is 11.8 Å². The second-order valence-corrected chi connectivity index (χ2v) is 4.02. The number of nitrogens with zero attached hydrogens (tertiary/aromatic N) is 2. The quantitative estimate of drug-likeness (QED) is 0.654. The van der Waals surface area contributed by atoms with E-state index in [0.717, 1.165) is 17.8 Å². The topological polar surface area (TPSA) is 45.6 Å². The summed E-state index contributed by atoms with van der Waals surface area (Å²) in [6, 6.07) is 9.88. The number of hydrogen-bond donors (Lipinski definition) is 2. The molecule has 0 radical (unpaired) electrons. The van der Waals surface area contributed by atoms with Crippen LogP contribution in [0.25, 0.3) is 0 Å². The summed E-state index contributed by atoms with van der Waals surface area (Å²) in [6.07, 6.45) is 0.812. The highest BCUT2D eigenvalue weighted by atomic mass is 32.1. The SMILES string of the molecule is CCc1n[nH]c(=S)n1NCC#Cc1ccccc1. The Hall–Kier alpha value is -2.06. The molecule has 92 valence electrons. The molecule has 0 amide bonds. The van der Waals surface area contributed by atoms with Gasteiger partial charge >= 0.3 is 0 Å². The Bertz CT molecular complexity index is 616. The molecule has 0 saturated carbocycles. The molecular formula is C13H14N4S. The average Bonchev–Trinajstić information content (AvgIpc) is 2.77. The van der Waals surface area contributed by atoms with Crippen molar-refractivity contribution in [3.63, 3.8) is 0 Å². The molecule has 18 heavy (non-hydrogen) atoms. The molecule has 1 aromatic heterocycles. The molecule has 5 heteroatoms. The first-order chi connectivity index (χ1) is 8.81. The Balaban J connectivity index is 1.99. The second kappa shape index (κ2) is 6.03. The van der Waals surface area contributed by atoms with Crippen molar-refractivity contribution in [1.29, 1.82) is 0 Å². The highest BCUT2D eigenvalue weighted by Crippen LogP contribution is 1.96. The lowest BCUT2D eigenvalue weighted by Crippen LogP contribution is -2.17. The van der Waals surface area contributed by atoms with Gasteiger partial charge in [0.1, 0.15) is 0 Å². The monoisotopic (exact) mass is 258 g/mol. The Kier molecular flexibility index (Phi) is 4.15. The number of aromatic amines is 1. The fourth-order valence-electron chi connectivity index (χ4n) is 1.52. The van der Waals surface area contributed by atoms with Crippen molar-refractivity contribution in [2.75, 3.05) is 12.0 Å². The van der Waals surface area contributed by atoms with Crippen LogP contribution >= 0.6 is 12.2 Å². The van der Waals surface area contributed by atoms with E-state index in [1.165, 1.54) is 0 Å². The zero-order valence-corrected chi connectivity index (χ0v) is 10.9. The van der Waals surface area contributed by atoms with E-state index in [1.54, 1.807) is 4.68 Å². The van der Waals surface area contributed by atoms with Crippen molar-refractivity contribution in [2.45, 2.75) is 13.3 Å². The minimum atomic E-state index is 0.524. The van der Waals surface area contributed by atoms with Gasteiger partial charge in [-0.25, -0.2) is 4.68 Å². The standard InChI is InChI=1S/C13H14N4S/c1-2-12-15-16-13(18)17(12)14-10-6-9-11-7-4-3-5-8-11/h3-5,7-8,14H,2,10H2,1H3,(H,16,18). The molecule has 2 rings (SSSR count). The van der Waals surface area contributed by atoms with Gasteiger partial charge in [0.05, 0.1) is 6.54 Å². The second-order valence-electron chi connectivity index (χ2n) is 3.64. The van der Waals surface area contributed by atoms with Gasteiger partial charge in [-0.15, -0.1) is 0 Å². The highest BCUT2D eigenvalue weighted by Gasteiger charge is 2.00. The first-order valence-electron chi connectivity index (χ1n) is 5.75. The lowest BCUT2D eigenvalue weighted by atomic mass is 10.2. The number of nitrogens with one attached hydrogen (secondary N) is 2. The predicted octanol–water partition coefficient (Wildman–Crippen LogP) is 2.10. The van der Waals surface area contributed by atoms with Gasteiger partial charge in [-0.1, -0.05) is 37.0 Å². The molecule has 1 heterocycles. The van der Waals surface area contributed by atoms with Gasteiger partial charge in [0.25, 0.3) is 0 Å². The Labute approximate surface area is 111 Å². The molecule has 0 aliphatic heterocycles. The van der Waals surface area contributed by atoms with Gasteiger partial charge in [-0.05, 0) is 24.4 Å². The number of H-pyrrole nitrogens is 1. The summed E-state index contributed by atoms with van der Waals surface area (Å²) in [5.41, 5.74) is 4.13. The smallest absolute Gasteiger partial charge is 0.214 e. The maximum absolute atomic E-state index is 5.12. The van der Waals surface area contributed by atoms with E-state index in [4.69, 9.17) is 12.2 Å². The highest BCUT2D eigenvalue weighted by molar-refractivity contribution is 7.71. The van der Waals surface area contributed by atoms with Crippen LogP contribution in [0.15, 0.2) is 30.3 Å². The molecule has 0 fully saturated rings. The van der Waals surface area contributed by atoms with Crippen molar-refractivity contribution >= 4 is 12.2 Å². The van der Waals surface area contributed by atoms with Crippen LogP contribution in [0.3, 0.4) is 0 Å². The zero-order valence-electron chi connectivity index (χ0n) is 10.1. The van der Waals surface area contributed by atoms with Crippen molar-refractivity contribution in [3.05, 3.63) is 46.5 Å². The van der Waals surface area contributed by atoms with Crippen LogP contribution in [0.5, 0.6) is 0 Å². The van der Waals surface area contributed by atoms with E-state index in [9.17, 15) is 0 Å². The summed E-state index contributed by atoms with van der Waals surface area (Å²) in [5, 5.41) is 6.86. The summed E-state index contributed by atoms with van der Waals surface area (Å²) >= 11 is 5.12. The summed E-state index contributed by atoms with van der Waals surface area (Å²) in [6.45, 7) is 2.55. The Morgan fingerprint density at radius 1 is 1.39 bits per heavy atom. The summed E-state index contributed by atoms with van der Waals surface area (Å²) < 4.78 is 2.32. The van der Waals surface area contributed by atoms with Crippen LogP contribution in [-0.4, -0.2) is 21.4 Å². The van der Waals surface area contributed by atoms with E-state index in [2.05, 4.69) is 27.5 Å². The molecule has 0 bridgehead atoms. The van der Waals surface area contributed by atoms with Crippen LogP contribution < -0.4 is 5.43 Å². The number of hydrogen-bond acceptors (Lipinski definition) is 3. The van der Waals surface area contributed by atoms with Crippen molar-refractivity contribution in [1.82, 2.24) is 14.9 Å². The first kappa shape index (κ1) is 12.4. The van der Waals surface area contributed by atoms with Gasteiger partial charge in [0.15, 0.2) is 5.82 Å². The zero-order chi connectivity index (χ0) is 12.8. The minimum absolute atomic E-state index is 0.524. The van der Waals surface area contributed by atoms with Gasteiger partial charge < -0.3 is 5.43 Å². The summed E-state index contributed by atoms with van der Waals surface area (Å²) in [4.78, 5) is 0. The molecule has 4 nitrogen and oxygen atoms in total.